The molecule has 30 heavy (non-hydrogen) atoms. The van der Waals surface area contributed by atoms with Gasteiger partial charge in [0.25, 0.3) is 0 Å². The zero-order valence-corrected chi connectivity index (χ0v) is 19.4. The highest BCUT2D eigenvalue weighted by atomic mass is 16.2. The first-order valence-electron chi connectivity index (χ1n) is 11.3. The van der Waals surface area contributed by atoms with E-state index in [-0.39, 0.29) is 35.6 Å². The highest BCUT2D eigenvalue weighted by Crippen LogP contribution is 2.22. The van der Waals surface area contributed by atoms with E-state index in [0.717, 1.165) is 25.7 Å². The van der Waals surface area contributed by atoms with Crippen LogP contribution in [0.1, 0.15) is 80.1 Å². The molecule has 8 heteroatoms. The fourth-order valence-corrected chi connectivity index (χ4v) is 3.67. The third kappa shape index (κ3) is 7.95. The van der Waals surface area contributed by atoms with Crippen molar-refractivity contribution in [2.24, 2.45) is 5.92 Å². The van der Waals surface area contributed by atoms with Gasteiger partial charge in [-0.3, -0.25) is 14.4 Å². The number of carbonyl (C=O) groups excluding carboxylic acids is 4. The third-order valence-electron chi connectivity index (χ3n) is 5.61. The van der Waals surface area contributed by atoms with Crippen molar-refractivity contribution in [3.8, 4) is 0 Å². The van der Waals surface area contributed by atoms with Crippen LogP contribution in [0.4, 0.5) is 4.79 Å². The molecule has 0 spiro atoms. The molecule has 0 radical (unpaired) electrons. The summed E-state index contributed by atoms with van der Waals surface area (Å²) in [5, 5.41) is 8.32. The molecule has 1 fully saturated rings. The molecule has 4 atom stereocenters. The molecule has 0 bridgehead atoms. The standard InChI is InChI=1S/C22H40N4O4/c1-7-8-9-11-15(4)19(25-22(30)23-14(2)3)21(29)26-13-10-12-18(26)20(28)24-16(5)17(6)27/h14-16,18-19H,7-13H2,1-6H3,(H,24,28)(H2,23,25,30). The average Bonchev–Trinajstić information content (AvgIpc) is 3.14. The summed E-state index contributed by atoms with van der Waals surface area (Å²) in [6.45, 7) is 11.3. The Hall–Kier alpha value is -2.12. The number of unbranched alkanes of at least 4 members (excludes halogenated alkanes) is 2. The van der Waals surface area contributed by atoms with Crippen LogP contribution < -0.4 is 16.0 Å². The first-order valence-corrected chi connectivity index (χ1v) is 11.3. The van der Waals surface area contributed by atoms with Crippen LogP contribution in [0.15, 0.2) is 0 Å². The molecule has 3 N–H and O–H groups in total. The molecule has 1 aliphatic rings. The van der Waals surface area contributed by atoms with Crippen LogP contribution in [-0.4, -0.2) is 59.2 Å². The molecule has 1 heterocycles. The van der Waals surface area contributed by atoms with Gasteiger partial charge >= 0.3 is 6.03 Å². The number of nitrogens with one attached hydrogen (secondary N) is 3. The zero-order valence-electron chi connectivity index (χ0n) is 19.4. The fourth-order valence-electron chi connectivity index (χ4n) is 3.67. The molecule has 0 aliphatic carbocycles. The van der Waals surface area contributed by atoms with Crippen molar-refractivity contribution < 1.29 is 19.2 Å². The van der Waals surface area contributed by atoms with Gasteiger partial charge in [-0.25, -0.2) is 4.79 Å². The third-order valence-corrected chi connectivity index (χ3v) is 5.61. The van der Waals surface area contributed by atoms with Gasteiger partial charge in [-0.2, -0.15) is 0 Å². The van der Waals surface area contributed by atoms with Gasteiger partial charge in [0, 0.05) is 12.6 Å². The Morgan fingerprint density at radius 3 is 2.23 bits per heavy atom. The molecular weight excluding hydrogens is 384 g/mol. The molecule has 4 amide bonds. The molecule has 1 saturated heterocycles. The van der Waals surface area contributed by atoms with Crippen molar-refractivity contribution in [2.45, 2.75) is 104 Å². The van der Waals surface area contributed by atoms with Gasteiger partial charge in [-0.05, 0) is 52.9 Å². The molecule has 0 aromatic carbocycles. The zero-order chi connectivity index (χ0) is 22.8. The number of amides is 4. The Balaban J connectivity index is 2.94. The lowest BCUT2D eigenvalue weighted by atomic mass is 9.94. The summed E-state index contributed by atoms with van der Waals surface area (Å²) < 4.78 is 0. The Bertz CT molecular complexity index is 608. The summed E-state index contributed by atoms with van der Waals surface area (Å²) in [7, 11) is 0. The lowest BCUT2D eigenvalue weighted by Crippen LogP contribution is -2.58. The van der Waals surface area contributed by atoms with Crippen molar-refractivity contribution in [3.05, 3.63) is 0 Å². The molecule has 0 aromatic rings. The molecule has 172 valence electrons. The van der Waals surface area contributed by atoms with E-state index in [1.54, 1.807) is 11.8 Å². The fraction of sp³-hybridized carbons (Fsp3) is 0.818. The van der Waals surface area contributed by atoms with Crippen LogP contribution in [0.5, 0.6) is 0 Å². The van der Waals surface area contributed by atoms with E-state index < -0.39 is 18.1 Å². The number of urea groups is 1. The maximum Gasteiger partial charge on any atom is 0.315 e. The molecule has 1 rings (SSSR count). The maximum absolute atomic E-state index is 13.4. The number of carbonyl (C=O) groups is 4. The quantitative estimate of drug-likeness (QED) is 0.443. The van der Waals surface area contributed by atoms with Crippen molar-refractivity contribution in [1.29, 1.82) is 0 Å². The maximum atomic E-state index is 13.4. The van der Waals surface area contributed by atoms with E-state index >= 15 is 0 Å². The summed E-state index contributed by atoms with van der Waals surface area (Å²) in [5.74, 6) is -0.727. The normalized spacial score (nSPS) is 19.2. The minimum absolute atomic E-state index is 0.0467. The second kappa shape index (κ2) is 12.5. The van der Waals surface area contributed by atoms with Gasteiger partial charge in [0.2, 0.25) is 11.8 Å². The SMILES string of the molecule is CCCCCC(C)C(NC(=O)NC(C)C)C(=O)N1CCCC1C(=O)NC(C)C(C)=O. The highest BCUT2D eigenvalue weighted by molar-refractivity contribution is 5.94. The lowest BCUT2D eigenvalue weighted by molar-refractivity contribution is -0.141. The number of hydrogen-bond donors (Lipinski definition) is 3. The van der Waals surface area contributed by atoms with E-state index in [1.165, 1.54) is 6.92 Å². The summed E-state index contributed by atoms with van der Waals surface area (Å²) in [5.41, 5.74) is 0. The largest absolute Gasteiger partial charge is 0.345 e. The van der Waals surface area contributed by atoms with Crippen LogP contribution >= 0.6 is 0 Å². The number of ketones is 1. The van der Waals surface area contributed by atoms with Crippen LogP contribution in [0.25, 0.3) is 0 Å². The minimum Gasteiger partial charge on any atom is -0.345 e. The number of rotatable bonds is 11. The van der Waals surface area contributed by atoms with Crippen LogP contribution in [0, 0.1) is 5.92 Å². The lowest BCUT2D eigenvalue weighted by Gasteiger charge is -2.32. The molecule has 4 unspecified atom stereocenters. The van der Waals surface area contributed by atoms with Gasteiger partial charge in [0.05, 0.1) is 6.04 Å². The van der Waals surface area contributed by atoms with E-state index in [1.807, 2.05) is 20.8 Å². The predicted octanol–water partition coefficient (Wildman–Crippen LogP) is 2.36. The Labute approximate surface area is 180 Å². The summed E-state index contributed by atoms with van der Waals surface area (Å²) >= 11 is 0. The Kier molecular flexibility index (Phi) is 10.8. The first kappa shape index (κ1) is 25.9. The van der Waals surface area contributed by atoms with Gasteiger partial charge in [-0.1, -0.05) is 33.1 Å². The monoisotopic (exact) mass is 424 g/mol. The minimum atomic E-state index is -0.695. The molecule has 0 saturated carbocycles. The first-order chi connectivity index (χ1) is 14.1. The van der Waals surface area contributed by atoms with Gasteiger partial charge in [0.15, 0.2) is 5.78 Å². The van der Waals surface area contributed by atoms with Crippen LogP contribution in [0.2, 0.25) is 0 Å². The molecule has 0 aromatic heterocycles. The summed E-state index contributed by atoms with van der Waals surface area (Å²) in [6, 6.07) is -2.32. The van der Waals surface area contributed by atoms with Gasteiger partial charge in [0.1, 0.15) is 12.1 Å². The van der Waals surface area contributed by atoms with E-state index in [2.05, 4.69) is 22.9 Å². The Morgan fingerprint density at radius 1 is 1.00 bits per heavy atom. The number of hydrogen-bond acceptors (Lipinski definition) is 4. The van der Waals surface area contributed by atoms with Crippen molar-refractivity contribution in [3.63, 3.8) is 0 Å². The van der Waals surface area contributed by atoms with Gasteiger partial charge in [-0.15, -0.1) is 0 Å². The second-order valence-electron chi connectivity index (χ2n) is 8.75. The van der Waals surface area contributed by atoms with Crippen molar-refractivity contribution in [1.82, 2.24) is 20.9 Å². The van der Waals surface area contributed by atoms with E-state index in [4.69, 9.17) is 0 Å². The number of nitrogens with zero attached hydrogens (tertiary/aromatic N) is 1. The van der Waals surface area contributed by atoms with E-state index in [9.17, 15) is 19.2 Å². The molecular formula is C22H40N4O4. The average molecular weight is 425 g/mol. The Morgan fingerprint density at radius 2 is 1.67 bits per heavy atom. The van der Waals surface area contributed by atoms with Crippen LogP contribution in [-0.2, 0) is 14.4 Å². The van der Waals surface area contributed by atoms with Crippen LogP contribution in [0.3, 0.4) is 0 Å². The van der Waals surface area contributed by atoms with Gasteiger partial charge < -0.3 is 20.9 Å². The summed E-state index contributed by atoms with van der Waals surface area (Å²) in [6.07, 6.45) is 5.22. The van der Waals surface area contributed by atoms with E-state index in [0.29, 0.717) is 19.4 Å². The smallest absolute Gasteiger partial charge is 0.315 e. The number of likely N-dealkylation sites (tertiary alicyclic amines) is 1. The number of Topliss-reactive ketones (excluding diaryl/α,β-unsaturated/α-hetero) is 1. The van der Waals surface area contributed by atoms with Crippen molar-refractivity contribution >= 4 is 23.6 Å². The topological polar surface area (TPSA) is 108 Å². The second-order valence-corrected chi connectivity index (χ2v) is 8.75. The highest BCUT2D eigenvalue weighted by Gasteiger charge is 2.39. The summed E-state index contributed by atoms with van der Waals surface area (Å²) in [4.78, 5) is 51.5. The molecule has 1 aliphatic heterocycles. The molecule has 8 nitrogen and oxygen atoms in total. The predicted molar refractivity (Wildman–Crippen MR) is 117 cm³/mol. The van der Waals surface area contributed by atoms with Crippen molar-refractivity contribution in [2.75, 3.05) is 6.54 Å².